The van der Waals surface area contributed by atoms with E-state index in [0.717, 1.165) is 44.8 Å². The van der Waals surface area contributed by atoms with E-state index in [1.165, 1.54) is 28.1 Å². The quantitative estimate of drug-likeness (QED) is 0.250. The number of ether oxygens (including phenoxy) is 4. The van der Waals surface area contributed by atoms with Crippen LogP contribution in [-0.4, -0.2) is 37.6 Å². The average Bonchev–Trinajstić information content (AvgIpc) is 3.38. The third-order valence-electron chi connectivity index (χ3n) is 7.74. The highest BCUT2D eigenvalue weighted by molar-refractivity contribution is 6.30. The first-order chi connectivity index (χ1) is 17.9. The third-order valence-corrected chi connectivity index (χ3v) is 7.99. The standard InChI is InChI=1S/C30H29ClN2O4/c1-16-26-22(11-20(34-3)13-24(26)36-5)32-15-33-23-12-21(35-4)14-25(37-6)27(23)17(2)30(33)28(29(16)32)18-7-9-19(31)10-8-18/h7-14,28H,15H2,1-6H3. The highest BCUT2D eigenvalue weighted by Gasteiger charge is 2.36. The Morgan fingerprint density at radius 2 is 1.14 bits per heavy atom. The molecule has 37 heavy (non-hydrogen) atoms. The number of aromatic nitrogens is 2. The Balaban J connectivity index is 1.76. The summed E-state index contributed by atoms with van der Waals surface area (Å²) in [6.45, 7) is 5.00. The maximum Gasteiger partial charge on any atom is 0.132 e. The maximum absolute atomic E-state index is 6.32. The van der Waals surface area contributed by atoms with Gasteiger partial charge in [-0.3, -0.25) is 0 Å². The second-order valence-corrected chi connectivity index (χ2v) is 9.89. The number of fused-ring (bicyclic) bond motifs is 6. The number of halogens is 1. The zero-order valence-electron chi connectivity index (χ0n) is 21.8. The van der Waals surface area contributed by atoms with E-state index in [2.05, 4.69) is 47.2 Å². The minimum absolute atomic E-state index is 0.0304. The highest BCUT2D eigenvalue weighted by Crippen LogP contribution is 2.49. The van der Waals surface area contributed by atoms with Crippen LogP contribution in [0.5, 0.6) is 23.0 Å². The number of rotatable bonds is 5. The van der Waals surface area contributed by atoms with E-state index < -0.39 is 0 Å². The zero-order chi connectivity index (χ0) is 26.0. The van der Waals surface area contributed by atoms with E-state index in [9.17, 15) is 0 Å². The topological polar surface area (TPSA) is 46.8 Å². The second kappa shape index (κ2) is 8.67. The molecule has 0 saturated heterocycles. The summed E-state index contributed by atoms with van der Waals surface area (Å²) in [5.74, 6) is 3.10. The van der Waals surface area contributed by atoms with Gasteiger partial charge < -0.3 is 28.1 Å². The fraction of sp³-hybridized carbons (Fsp3) is 0.267. The van der Waals surface area contributed by atoms with Crippen LogP contribution in [-0.2, 0) is 6.67 Å². The minimum atomic E-state index is -0.0304. The summed E-state index contributed by atoms with van der Waals surface area (Å²) in [5, 5.41) is 2.91. The van der Waals surface area contributed by atoms with E-state index in [-0.39, 0.29) is 5.92 Å². The zero-order valence-corrected chi connectivity index (χ0v) is 22.6. The number of methoxy groups -OCH3 is 4. The van der Waals surface area contributed by atoms with Gasteiger partial charge in [-0.2, -0.15) is 0 Å². The molecular weight excluding hydrogens is 488 g/mol. The van der Waals surface area contributed by atoms with Crippen molar-refractivity contribution in [1.29, 1.82) is 0 Å². The molecule has 0 unspecified atom stereocenters. The Bertz CT molecular complexity index is 1580. The van der Waals surface area contributed by atoms with E-state index in [1.807, 2.05) is 24.3 Å². The Hall–Kier alpha value is -3.77. The van der Waals surface area contributed by atoms with Crippen LogP contribution in [0.25, 0.3) is 21.8 Å². The molecule has 0 N–H and O–H groups in total. The molecule has 0 fully saturated rings. The van der Waals surface area contributed by atoms with Gasteiger partial charge in [0, 0.05) is 51.4 Å². The Kier molecular flexibility index (Phi) is 5.53. The molecule has 2 aromatic heterocycles. The van der Waals surface area contributed by atoms with Crippen molar-refractivity contribution in [2.75, 3.05) is 28.4 Å². The molecule has 6 nitrogen and oxygen atoms in total. The molecule has 6 rings (SSSR count). The van der Waals surface area contributed by atoms with Crippen LogP contribution in [0.3, 0.4) is 0 Å². The number of hydrogen-bond donors (Lipinski definition) is 0. The van der Waals surface area contributed by atoms with Crippen LogP contribution in [0.4, 0.5) is 0 Å². The van der Waals surface area contributed by atoms with Crippen molar-refractivity contribution in [2.45, 2.75) is 26.4 Å². The molecule has 190 valence electrons. The number of benzene rings is 3. The van der Waals surface area contributed by atoms with Gasteiger partial charge in [-0.1, -0.05) is 23.7 Å². The van der Waals surface area contributed by atoms with Crippen LogP contribution in [0, 0.1) is 13.8 Å². The molecular formula is C30H29ClN2O4. The first kappa shape index (κ1) is 23.6. The van der Waals surface area contributed by atoms with Crippen molar-refractivity contribution in [1.82, 2.24) is 9.13 Å². The van der Waals surface area contributed by atoms with E-state index >= 15 is 0 Å². The van der Waals surface area contributed by atoms with Crippen LogP contribution in [0.1, 0.15) is 34.0 Å². The van der Waals surface area contributed by atoms with E-state index in [4.69, 9.17) is 30.5 Å². The highest BCUT2D eigenvalue weighted by atomic mass is 35.5. The van der Waals surface area contributed by atoms with Gasteiger partial charge in [0.15, 0.2) is 0 Å². The van der Waals surface area contributed by atoms with Crippen LogP contribution >= 0.6 is 11.6 Å². The number of hydrogen-bond acceptors (Lipinski definition) is 4. The monoisotopic (exact) mass is 516 g/mol. The SMILES string of the molecule is COc1cc(OC)c2c(C)c3n(c2c1)Cn1c(c(C)c2c(OC)cc(OC)cc21)C3c1ccc(Cl)cc1. The first-order valence-electron chi connectivity index (χ1n) is 12.2. The van der Waals surface area contributed by atoms with Crippen molar-refractivity contribution < 1.29 is 18.9 Å². The van der Waals surface area contributed by atoms with E-state index in [1.54, 1.807) is 28.4 Å². The summed E-state index contributed by atoms with van der Waals surface area (Å²) in [4.78, 5) is 0. The molecule has 0 aliphatic carbocycles. The number of nitrogens with zero attached hydrogens (tertiary/aromatic N) is 2. The fourth-order valence-electron chi connectivity index (χ4n) is 6.10. The van der Waals surface area contributed by atoms with Crippen molar-refractivity contribution in [3.8, 4) is 23.0 Å². The van der Waals surface area contributed by atoms with Gasteiger partial charge in [-0.15, -0.1) is 0 Å². The predicted octanol–water partition coefficient (Wildman–Crippen LogP) is 6.90. The molecule has 5 aromatic rings. The molecule has 0 atom stereocenters. The van der Waals surface area contributed by atoms with Gasteiger partial charge in [-0.05, 0) is 42.7 Å². The van der Waals surface area contributed by atoms with Crippen molar-refractivity contribution in [3.63, 3.8) is 0 Å². The van der Waals surface area contributed by atoms with Crippen molar-refractivity contribution in [3.05, 3.63) is 81.6 Å². The van der Waals surface area contributed by atoms with Gasteiger partial charge in [0.1, 0.15) is 23.0 Å². The summed E-state index contributed by atoms with van der Waals surface area (Å²) in [7, 11) is 6.79. The number of aryl methyl sites for hydroxylation is 2. The van der Waals surface area contributed by atoms with Gasteiger partial charge in [0.05, 0.1) is 52.1 Å². The normalized spacial score (nSPS) is 13.1. The molecule has 7 heteroatoms. The van der Waals surface area contributed by atoms with Gasteiger partial charge in [0.2, 0.25) is 0 Å². The molecule has 1 aliphatic rings. The van der Waals surface area contributed by atoms with Gasteiger partial charge in [-0.25, -0.2) is 0 Å². The molecule has 0 radical (unpaired) electrons. The molecule has 0 amide bonds. The summed E-state index contributed by atoms with van der Waals surface area (Å²) >= 11 is 6.32. The fourth-order valence-corrected chi connectivity index (χ4v) is 6.23. The molecule has 0 spiro atoms. The van der Waals surface area contributed by atoms with Crippen LogP contribution in [0.15, 0.2) is 48.5 Å². The van der Waals surface area contributed by atoms with Crippen molar-refractivity contribution >= 4 is 33.4 Å². The third kappa shape index (κ3) is 3.32. The average molecular weight is 517 g/mol. The Morgan fingerprint density at radius 1 is 0.676 bits per heavy atom. The lowest BCUT2D eigenvalue weighted by Gasteiger charge is -2.30. The van der Waals surface area contributed by atoms with Crippen molar-refractivity contribution in [2.24, 2.45) is 0 Å². The minimum Gasteiger partial charge on any atom is -0.497 e. The summed E-state index contributed by atoms with van der Waals surface area (Å²) in [6, 6.07) is 16.3. The molecule has 0 saturated carbocycles. The van der Waals surface area contributed by atoms with Crippen LogP contribution < -0.4 is 18.9 Å². The Labute approximate surface area is 220 Å². The first-order valence-corrected chi connectivity index (χ1v) is 12.5. The lowest BCUT2D eigenvalue weighted by atomic mass is 9.87. The summed E-state index contributed by atoms with van der Waals surface area (Å²) in [6.07, 6.45) is 0. The largest absolute Gasteiger partial charge is 0.497 e. The van der Waals surface area contributed by atoms with Gasteiger partial charge in [0.25, 0.3) is 0 Å². The summed E-state index contributed by atoms with van der Waals surface area (Å²) < 4.78 is 27.8. The Morgan fingerprint density at radius 3 is 1.54 bits per heavy atom. The molecule has 0 bridgehead atoms. The molecule has 3 heterocycles. The molecule has 3 aromatic carbocycles. The lowest BCUT2D eigenvalue weighted by Crippen LogP contribution is -2.25. The smallest absolute Gasteiger partial charge is 0.132 e. The predicted molar refractivity (Wildman–Crippen MR) is 147 cm³/mol. The van der Waals surface area contributed by atoms with E-state index in [0.29, 0.717) is 11.7 Å². The lowest BCUT2D eigenvalue weighted by molar-refractivity contribution is 0.397. The summed E-state index contributed by atoms with van der Waals surface area (Å²) in [5.41, 5.74) is 8.15. The second-order valence-electron chi connectivity index (χ2n) is 9.45. The van der Waals surface area contributed by atoms with Gasteiger partial charge >= 0.3 is 0 Å². The molecule has 1 aliphatic heterocycles. The maximum atomic E-state index is 6.32. The van der Waals surface area contributed by atoms with Crippen LogP contribution in [0.2, 0.25) is 5.02 Å².